The molecule has 0 bridgehead atoms. The first-order chi connectivity index (χ1) is 14.3. The maximum Gasteiger partial charge on any atom is 0.416 e. The van der Waals surface area contributed by atoms with E-state index < -0.39 is 23.6 Å². The van der Waals surface area contributed by atoms with Crippen molar-refractivity contribution in [1.29, 1.82) is 0 Å². The van der Waals surface area contributed by atoms with Gasteiger partial charge in [0.15, 0.2) is 5.65 Å². The van der Waals surface area contributed by atoms with Crippen LogP contribution in [0.2, 0.25) is 0 Å². The molecule has 2 aromatic heterocycles. The monoisotopic (exact) mass is 418 g/mol. The van der Waals surface area contributed by atoms with Gasteiger partial charge in [0.25, 0.3) is 0 Å². The number of carbonyl (C=O) groups is 2. The van der Waals surface area contributed by atoms with Gasteiger partial charge in [-0.3, -0.25) is 14.7 Å². The van der Waals surface area contributed by atoms with Crippen molar-refractivity contribution in [3.05, 3.63) is 48.3 Å². The molecule has 156 valence electrons. The lowest BCUT2D eigenvalue weighted by Crippen LogP contribution is -2.51. The third-order valence-corrected chi connectivity index (χ3v) is 4.87. The number of nitrogens with zero attached hydrogens (tertiary/aromatic N) is 4. The number of halogens is 3. The fourth-order valence-corrected chi connectivity index (χ4v) is 3.26. The highest BCUT2D eigenvalue weighted by Crippen LogP contribution is 2.30. The second-order valence-corrected chi connectivity index (χ2v) is 6.81. The van der Waals surface area contributed by atoms with E-state index in [0.717, 1.165) is 12.1 Å². The van der Waals surface area contributed by atoms with Gasteiger partial charge in [-0.05, 0) is 30.3 Å². The normalized spacial score (nSPS) is 14.8. The molecule has 11 heteroatoms. The maximum atomic E-state index is 12.7. The molecule has 1 aliphatic rings. The highest BCUT2D eigenvalue weighted by Gasteiger charge is 2.31. The zero-order chi connectivity index (χ0) is 21.3. The van der Waals surface area contributed by atoms with E-state index in [0.29, 0.717) is 35.5 Å². The predicted molar refractivity (Wildman–Crippen MR) is 103 cm³/mol. The van der Waals surface area contributed by atoms with E-state index in [2.05, 4.69) is 20.5 Å². The lowest BCUT2D eigenvalue weighted by Gasteiger charge is -2.35. The van der Waals surface area contributed by atoms with Gasteiger partial charge >= 0.3 is 18.0 Å². The van der Waals surface area contributed by atoms with Gasteiger partial charge in [-0.1, -0.05) is 0 Å². The standard InChI is InChI=1S/C19H17F3N6O2/c20-19(21,22)13-1-3-15(4-2-13)27-5-7-28(8-6-27)18(30)17(29)25-14-9-12-10-24-26-16(12)23-11-14/h1-4,9-11H,5-8H2,(H,25,29)(H,23,24,26). The number of benzene rings is 1. The first kappa shape index (κ1) is 19.7. The summed E-state index contributed by atoms with van der Waals surface area (Å²) < 4.78 is 38.1. The Kier molecular flexibility index (Phi) is 5.02. The number of aromatic nitrogens is 3. The smallest absolute Gasteiger partial charge is 0.368 e. The number of rotatable bonds is 2. The van der Waals surface area contributed by atoms with Crippen molar-refractivity contribution in [2.75, 3.05) is 36.4 Å². The zero-order valence-corrected chi connectivity index (χ0v) is 15.6. The fourth-order valence-electron chi connectivity index (χ4n) is 3.26. The highest BCUT2D eigenvalue weighted by atomic mass is 19.4. The topological polar surface area (TPSA) is 94.2 Å². The van der Waals surface area contributed by atoms with E-state index in [1.54, 1.807) is 12.3 Å². The molecule has 3 aromatic rings. The quantitative estimate of drug-likeness (QED) is 0.623. The number of carbonyl (C=O) groups excluding carboxylic acids is 2. The number of piperazine rings is 1. The predicted octanol–water partition coefficient (Wildman–Crippen LogP) is 2.26. The number of fused-ring (bicyclic) bond motifs is 1. The minimum absolute atomic E-state index is 0.284. The van der Waals surface area contributed by atoms with Crippen LogP contribution in [0.3, 0.4) is 0 Å². The number of hydrogen-bond donors (Lipinski definition) is 2. The molecule has 3 heterocycles. The minimum atomic E-state index is -4.38. The van der Waals surface area contributed by atoms with E-state index in [4.69, 9.17) is 0 Å². The van der Waals surface area contributed by atoms with Crippen molar-refractivity contribution in [3.8, 4) is 0 Å². The SMILES string of the molecule is O=C(Nc1cnc2[nH]ncc2c1)C(=O)N1CCN(c2ccc(C(F)(F)F)cc2)CC1. The Bertz CT molecular complexity index is 1070. The van der Waals surface area contributed by atoms with Crippen molar-refractivity contribution in [2.45, 2.75) is 6.18 Å². The summed E-state index contributed by atoms with van der Waals surface area (Å²) in [5, 5.41) is 9.77. The molecule has 8 nitrogen and oxygen atoms in total. The van der Waals surface area contributed by atoms with E-state index in [-0.39, 0.29) is 13.1 Å². The molecule has 1 aliphatic heterocycles. The molecular weight excluding hydrogens is 401 g/mol. The lowest BCUT2D eigenvalue weighted by atomic mass is 10.1. The van der Waals surface area contributed by atoms with Crippen LogP contribution in [0.15, 0.2) is 42.7 Å². The number of alkyl halides is 3. The summed E-state index contributed by atoms with van der Waals surface area (Å²) in [4.78, 5) is 32.1. The van der Waals surface area contributed by atoms with Gasteiger partial charge in [-0.25, -0.2) is 4.98 Å². The van der Waals surface area contributed by atoms with Gasteiger partial charge in [-0.2, -0.15) is 18.3 Å². The molecule has 2 amide bonds. The lowest BCUT2D eigenvalue weighted by molar-refractivity contribution is -0.143. The zero-order valence-electron chi connectivity index (χ0n) is 15.6. The summed E-state index contributed by atoms with van der Waals surface area (Å²) >= 11 is 0. The summed E-state index contributed by atoms with van der Waals surface area (Å²) in [6, 6.07) is 6.54. The van der Waals surface area contributed by atoms with Crippen molar-refractivity contribution in [2.24, 2.45) is 0 Å². The molecule has 0 saturated carbocycles. The summed E-state index contributed by atoms with van der Waals surface area (Å²) in [6.07, 6.45) is -1.40. The molecule has 0 spiro atoms. The first-order valence-corrected chi connectivity index (χ1v) is 9.13. The van der Waals surface area contributed by atoms with E-state index in [1.807, 2.05) is 4.90 Å². The molecule has 0 unspecified atom stereocenters. The van der Waals surface area contributed by atoms with Crippen LogP contribution in [-0.4, -0.2) is 58.1 Å². The van der Waals surface area contributed by atoms with E-state index >= 15 is 0 Å². The Hall–Kier alpha value is -3.63. The van der Waals surface area contributed by atoms with Gasteiger partial charge in [0.1, 0.15) is 0 Å². The van der Waals surface area contributed by atoms with Crippen molar-refractivity contribution in [3.63, 3.8) is 0 Å². The third kappa shape index (κ3) is 4.04. The van der Waals surface area contributed by atoms with Gasteiger partial charge in [-0.15, -0.1) is 0 Å². The molecule has 1 aromatic carbocycles. The molecule has 30 heavy (non-hydrogen) atoms. The number of anilines is 2. The van der Waals surface area contributed by atoms with Crippen molar-refractivity contribution in [1.82, 2.24) is 20.1 Å². The van der Waals surface area contributed by atoms with E-state index in [9.17, 15) is 22.8 Å². The third-order valence-electron chi connectivity index (χ3n) is 4.87. The van der Waals surface area contributed by atoms with Crippen LogP contribution in [-0.2, 0) is 15.8 Å². The number of H-pyrrole nitrogens is 1. The second kappa shape index (κ2) is 7.65. The maximum absolute atomic E-state index is 12.7. The number of pyridine rings is 1. The Labute approximate surface area is 168 Å². The first-order valence-electron chi connectivity index (χ1n) is 9.13. The number of nitrogens with one attached hydrogen (secondary N) is 2. The largest absolute Gasteiger partial charge is 0.416 e. The van der Waals surface area contributed by atoms with Crippen LogP contribution in [0, 0.1) is 0 Å². The summed E-state index contributed by atoms with van der Waals surface area (Å²) in [7, 11) is 0. The molecule has 1 saturated heterocycles. The second-order valence-electron chi connectivity index (χ2n) is 6.81. The van der Waals surface area contributed by atoms with Gasteiger partial charge in [0.2, 0.25) is 0 Å². The van der Waals surface area contributed by atoms with E-state index in [1.165, 1.54) is 23.2 Å². The average Bonchev–Trinajstić information content (AvgIpc) is 3.21. The Morgan fingerprint density at radius 1 is 1.03 bits per heavy atom. The van der Waals surface area contributed by atoms with Crippen LogP contribution >= 0.6 is 0 Å². The van der Waals surface area contributed by atoms with Gasteiger partial charge < -0.3 is 15.1 Å². The van der Waals surface area contributed by atoms with Gasteiger partial charge in [0, 0.05) is 37.3 Å². The Morgan fingerprint density at radius 3 is 2.40 bits per heavy atom. The number of hydrogen-bond acceptors (Lipinski definition) is 5. The molecule has 0 aliphatic carbocycles. The van der Waals surface area contributed by atoms with Crippen molar-refractivity contribution < 1.29 is 22.8 Å². The summed E-state index contributed by atoms with van der Waals surface area (Å²) in [5.41, 5.74) is 0.878. The number of amides is 2. The van der Waals surface area contributed by atoms with Crippen molar-refractivity contribution >= 4 is 34.2 Å². The highest BCUT2D eigenvalue weighted by molar-refractivity contribution is 6.39. The van der Waals surface area contributed by atoms with Crippen LogP contribution in [0.25, 0.3) is 11.0 Å². The molecule has 0 atom stereocenters. The summed E-state index contributed by atoms with van der Waals surface area (Å²) in [6.45, 7) is 1.39. The molecular formula is C19H17F3N6O2. The van der Waals surface area contributed by atoms with Crippen LogP contribution < -0.4 is 10.2 Å². The van der Waals surface area contributed by atoms with Crippen LogP contribution in [0.5, 0.6) is 0 Å². The molecule has 4 rings (SSSR count). The number of aromatic amines is 1. The Morgan fingerprint density at radius 2 is 1.73 bits per heavy atom. The minimum Gasteiger partial charge on any atom is -0.368 e. The Balaban J connectivity index is 1.33. The average molecular weight is 418 g/mol. The fraction of sp³-hybridized carbons (Fsp3) is 0.263. The van der Waals surface area contributed by atoms with Crippen LogP contribution in [0.1, 0.15) is 5.56 Å². The molecule has 1 fully saturated rings. The van der Waals surface area contributed by atoms with Crippen LogP contribution in [0.4, 0.5) is 24.5 Å². The molecule has 0 radical (unpaired) electrons. The summed E-state index contributed by atoms with van der Waals surface area (Å²) in [5.74, 6) is -1.45. The van der Waals surface area contributed by atoms with Gasteiger partial charge in [0.05, 0.1) is 23.6 Å². The molecule has 2 N–H and O–H groups in total.